The van der Waals surface area contributed by atoms with Crippen LogP contribution in [0.2, 0.25) is 0 Å². The number of anilines is 1. The number of guanidine groups is 1. The Morgan fingerprint density at radius 1 is 1.41 bits per heavy atom. The maximum atomic E-state index is 11.0. The van der Waals surface area contributed by atoms with Crippen LogP contribution in [0.25, 0.3) is 0 Å². The fourth-order valence-corrected chi connectivity index (χ4v) is 3.42. The first-order valence-corrected chi connectivity index (χ1v) is 9.91. The van der Waals surface area contributed by atoms with Crippen molar-refractivity contribution < 1.29 is 8.42 Å². The van der Waals surface area contributed by atoms with Crippen LogP contribution >= 0.6 is 11.3 Å². The van der Waals surface area contributed by atoms with Crippen molar-refractivity contribution in [3.8, 4) is 0 Å². The van der Waals surface area contributed by atoms with Gasteiger partial charge in [-0.1, -0.05) is 0 Å². The first kappa shape index (κ1) is 17.0. The second-order valence-corrected chi connectivity index (χ2v) is 7.69. The zero-order valence-corrected chi connectivity index (χ0v) is 14.4. The molecule has 0 atom stereocenters. The number of piperazine rings is 1. The summed E-state index contributed by atoms with van der Waals surface area (Å²) in [6.45, 7) is 6.52. The molecule has 2 heterocycles. The molecule has 0 saturated carbocycles. The van der Waals surface area contributed by atoms with Crippen molar-refractivity contribution in [2.45, 2.75) is 6.92 Å². The minimum Gasteiger partial charge on any atom is -0.360 e. The largest absolute Gasteiger partial charge is 0.360 e. The SMILES string of the molecule is CCNC(=NCCS(N)(=O)=O)N1CCN(c2cccs2)CC1. The van der Waals surface area contributed by atoms with Gasteiger partial charge < -0.3 is 15.1 Å². The van der Waals surface area contributed by atoms with Gasteiger partial charge in [0.25, 0.3) is 0 Å². The quantitative estimate of drug-likeness (QED) is 0.584. The van der Waals surface area contributed by atoms with E-state index >= 15 is 0 Å². The van der Waals surface area contributed by atoms with E-state index in [0.29, 0.717) is 0 Å². The number of rotatable bonds is 5. The third kappa shape index (κ3) is 5.15. The molecule has 124 valence electrons. The highest BCUT2D eigenvalue weighted by Crippen LogP contribution is 2.22. The molecule has 7 nitrogen and oxygen atoms in total. The Balaban J connectivity index is 1.91. The van der Waals surface area contributed by atoms with Gasteiger partial charge in [0.15, 0.2) is 5.96 Å². The maximum Gasteiger partial charge on any atom is 0.210 e. The Labute approximate surface area is 135 Å². The number of hydrogen-bond acceptors (Lipinski definition) is 5. The summed E-state index contributed by atoms with van der Waals surface area (Å²) in [5.41, 5.74) is 0. The van der Waals surface area contributed by atoms with Crippen molar-refractivity contribution in [1.29, 1.82) is 0 Å². The number of nitrogens with zero attached hydrogens (tertiary/aromatic N) is 3. The summed E-state index contributed by atoms with van der Waals surface area (Å²) in [5.74, 6) is 0.633. The molecule has 2 rings (SSSR count). The Morgan fingerprint density at radius 3 is 2.68 bits per heavy atom. The lowest BCUT2D eigenvalue weighted by atomic mass is 10.3. The fourth-order valence-electron chi connectivity index (χ4n) is 2.29. The highest BCUT2D eigenvalue weighted by atomic mass is 32.2. The summed E-state index contributed by atoms with van der Waals surface area (Å²) in [6, 6.07) is 4.19. The smallest absolute Gasteiger partial charge is 0.210 e. The molecule has 0 radical (unpaired) electrons. The van der Waals surface area contributed by atoms with E-state index in [-0.39, 0.29) is 12.3 Å². The zero-order valence-electron chi connectivity index (χ0n) is 12.7. The predicted octanol–water partition coefficient (Wildman–Crippen LogP) is 0.124. The topological polar surface area (TPSA) is 91.0 Å². The number of sulfonamides is 1. The van der Waals surface area contributed by atoms with Gasteiger partial charge in [-0.25, -0.2) is 13.6 Å². The number of primary sulfonamides is 1. The Hall–Kier alpha value is -1.32. The number of thiophene rings is 1. The standard InChI is InChI=1S/C13H23N5O2S2/c1-2-15-13(16-5-11-22(14,19)20)18-8-6-17(7-9-18)12-4-3-10-21-12/h3-4,10H,2,5-9,11H2,1H3,(H,15,16)(H2,14,19,20). The van der Waals surface area contributed by atoms with Gasteiger partial charge in [-0.2, -0.15) is 0 Å². The van der Waals surface area contributed by atoms with E-state index in [1.54, 1.807) is 11.3 Å². The van der Waals surface area contributed by atoms with Crippen LogP contribution in [0.1, 0.15) is 6.92 Å². The molecule has 0 spiro atoms. The molecule has 3 N–H and O–H groups in total. The summed E-state index contributed by atoms with van der Waals surface area (Å²) in [4.78, 5) is 8.89. The first-order chi connectivity index (χ1) is 10.5. The van der Waals surface area contributed by atoms with Crippen molar-refractivity contribution in [3.05, 3.63) is 17.5 Å². The van der Waals surface area contributed by atoms with Crippen LogP contribution in [0.5, 0.6) is 0 Å². The van der Waals surface area contributed by atoms with E-state index in [2.05, 4.69) is 37.6 Å². The van der Waals surface area contributed by atoms with Crippen molar-refractivity contribution in [1.82, 2.24) is 10.2 Å². The van der Waals surface area contributed by atoms with Crippen molar-refractivity contribution in [2.75, 3.05) is 49.9 Å². The van der Waals surface area contributed by atoms with Crippen LogP contribution in [0.4, 0.5) is 5.00 Å². The second kappa shape index (κ2) is 7.80. The number of nitrogens with two attached hydrogens (primary N) is 1. The lowest BCUT2D eigenvalue weighted by Crippen LogP contribution is -2.52. The summed E-state index contributed by atoms with van der Waals surface area (Å²) >= 11 is 1.75. The van der Waals surface area contributed by atoms with Crippen molar-refractivity contribution >= 4 is 32.3 Å². The average Bonchev–Trinajstić information content (AvgIpc) is 2.99. The highest BCUT2D eigenvalue weighted by Gasteiger charge is 2.20. The molecular weight excluding hydrogens is 322 g/mol. The molecule has 0 bridgehead atoms. The highest BCUT2D eigenvalue weighted by molar-refractivity contribution is 7.89. The Morgan fingerprint density at radius 2 is 2.14 bits per heavy atom. The van der Waals surface area contributed by atoms with Crippen LogP contribution in [0, 0.1) is 0 Å². The van der Waals surface area contributed by atoms with Gasteiger partial charge in [-0.3, -0.25) is 4.99 Å². The maximum absolute atomic E-state index is 11.0. The van der Waals surface area contributed by atoms with Gasteiger partial charge >= 0.3 is 0 Å². The predicted molar refractivity (Wildman–Crippen MR) is 92.1 cm³/mol. The third-order valence-corrected chi connectivity index (χ3v) is 5.05. The molecular formula is C13H23N5O2S2. The lowest BCUT2D eigenvalue weighted by Gasteiger charge is -2.37. The Kier molecular flexibility index (Phi) is 6.04. The molecule has 1 aromatic heterocycles. The Bertz CT molecular complexity index is 578. The third-order valence-electron chi connectivity index (χ3n) is 3.37. The average molecular weight is 345 g/mol. The summed E-state index contributed by atoms with van der Waals surface area (Å²) in [7, 11) is -3.46. The van der Waals surface area contributed by atoms with E-state index in [1.807, 2.05) is 6.92 Å². The first-order valence-electron chi connectivity index (χ1n) is 7.32. The van der Waals surface area contributed by atoms with E-state index in [4.69, 9.17) is 5.14 Å². The molecule has 1 fully saturated rings. The molecule has 0 aromatic carbocycles. The molecule has 1 aromatic rings. The minimum atomic E-state index is -3.46. The van der Waals surface area contributed by atoms with Gasteiger partial charge in [0, 0.05) is 32.7 Å². The molecule has 1 aliphatic rings. The fraction of sp³-hybridized carbons (Fsp3) is 0.615. The number of aliphatic imine (C=N–C) groups is 1. The van der Waals surface area contributed by atoms with E-state index in [1.165, 1.54) is 5.00 Å². The van der Waals surface area contributed by atoms with E-state index < -0.39 is 10.0 Å². The van der Waals surface area contributed by atoms with Gasteiger partial charge in [-0.15, -0.1) is 11.3 Å². The van der Waals surface area contributed by atoms with Crippen LogP contribution in [-0.2, 0) is 10.0 Å². The second-order valence-electron chi connectivity index (χ2n) is 5.03. The van der Waals surface area contributed by atoms with Crippen molar-refractivity contribution in [3.63, 3.8) is 0 Å². The molecule has 9 heteroatoms. The van der Waals surface area contributed by atoms with Gasteiger partial charge in [0.1, 0.15) is 0 Å². The van der Waals surface area contributed by atoms with E-state index in [0.717, 1.165) is 38.7 Å². The van der Waals surface area contributed by atoms with Crippen molar-refractivity contribution in [2.24, 2.45) is 10.1 Å². The van der Waals surface area contributed by atoms with E-state index in [9.17, 15) is 8.42 Å². The van der Waals surface area contributed by atoms with Crippen LogP contribution in [-0.4, -0.2) is 64.3 Å². The molecule has 0 aliphatic carbocycles. The van der Waals surface area contributed by atoms with Gasteiger partial charge in [-0.05, 0) is 24.4 Å². The summed E-state index contributed by atoms with van der Waals surface area (Å²) < 4.78 is 22.0. The molecule has 22 heavy (non-hydrogen) atoms. The molecule has 1 saturated heterocycles. The normalized spacial score (nSPS) is 16.9. The van der Waals surface area contributed by atoms with Crippen LogP contribution < -0.4 is 15.4 Å². The molecule has 0 unspecified atom stereocenters. The van der Waals surface area contributed by atoms with Gasteiger partial charge in [0.2, 0.25) is 10.0 Å². The summed E-state index contributed by atoms with van der Waals surface area (Å²) in [5, 5.41) is 11.6. The zero-order chi connectivity index (χ0) is 16.0. The molecule has 0 amide bonds. The van der Waals surface area contributed by atoms with Gasteiger partial charge in [0.05, 0.1) is 17.3 Å². The number of nitrogens with one attached hydrogen (secondary N) is 1. The lowest BCUT2D eigenvalue weighted by molar-refractivity contribution is 0.374. The van der Waals surface area contributed by atoms with Crippen LogP contribution in [0.3, 0.4) is 0 Å². The van der Waals surface area contributed by atoms with Crippen LogP contribution in [0.15, 0.2) is 22.5 Å². The minimum absolute atomic E-state index is 0.128. The number of hydrogen-bond donors (Lipinski definition) is 2. The molecule has 1 aliphatic heterocycles. The summed E-state index contributed by atoms with van der Waals surface area (Å²) in [6.07, 6.45) is 0. The monoisotopic (exact) mass is 345 g/mol.